The molecule has 0 radical (unpaired) electrons. The zero-order valence-corrected chi connectivity index (χ0v) is 15.1. The summed E-state index contributed by atoms with van der Waals surface area (Å²) in [5, 5.41) is 5.70. The minimum atomic E-state index is -0.388. The van der Waals surface area contributed by atoms with Crippen molar-refractivity contribution in [2.45, 2.75) is 0 Å². The third kappa shape index (κ3) is 4.24. The molecule has 0 spiro atoms. The summed E-state index contributed by atoms with van der Waals surface area (Å²) in [6.45, 7) is 3.90. The van der Waals surface area contributed by atoms with Gasteiger partial charge in [0.2, 0.25) is 5.91 Å². The molecule has 0 saturated carbocycles. The first-order valence-corrected chi connectivity index (χ1v) is 8.57. The Morgan fingerprint density at radius 1 is 1.19 bits per heavy atom. The summed E-state index contributed by atoms with van der Waals surface area (Å²) < 4.78 is 1.78. The summed E-state index contributed by atoms with van der Waals surface area (Å²) in [7, 11) is 0. The fourth-order valence-corrected chi connectivity index (χ4v) is 2.76. The van der Waals surface area contributed by atoms with Gasteiger partial charge in [-0.3, -0.25) is 14.0 Å². The molecule has 0 atom stereocenters. The Morgan fingerprint density at radius 2 is 1.96 bits per heavy atom. The first-order chi connectivity index (χ1) is 13.1. The molecule has 0 aliphatic rings. The van der Waals surface area contributed by atoms with Crippen LogP contribution in [0.25, 0.3) is 11.7 Å². The van der Waals surface area contributed by atoms with E-state index in [1.165, 1.54) is 6.08 Å². The molecule has 0 saturated heterocycles. The molecular formula is C20H17ClN4O2. The Kier molecular flexibility index (Phi) is 5.68. The Morgan fingerprint density at radius 3 is 2.78 bits per heavy atom. The van der Waals surface area contributed by atoms with Crippen LogP contribution < -0.4 is 10.6 Å². The highest BCUT2D eigenvalue weighted by atomic mass is 35.5. The van der Waals surface area contributed by atoms with Crippen molar-refractivity contribution in [2.75, 3.05) is 11.9 Å². The standard InChI is InChI=1S/C20H17ClN4O2/c1-2-12-22-20(27)14-7-3-4-8-15(14)23-18(26)11-10-16-19(21)24-17-9-5-6-13-25(16)17/h2-11,13H,1,12H2,(H,22,27)(H,23,26)/b11-10-. The zero-order chi connectivity index (χ0) is 19.2. The number of hydrogen-bond donors (Lipinski definition) is 2. The molecule has 6 nitrogen and oxygen atoms in total. The summed E-state index contributed by atoms with van der Waals surface area (Å²) in [6.07, 6.45) is 6.32. The van der Waals surface area contributed by atoms with Crippen molar-refractivity contribution in [2.24, 2.45) is 0 Å². The van der Waals surface area contributed by atoms with Gasteiger partial charge in [0.1, 0.15) is 5.65 Å². The number of nitrogens with one attached hydrogen (secondary N) is 2. The molecule has 0 fully saturated rings. The van der Waals surface area contributed by atoms with Crippen molar-refractivity contribution in [3.8, 4) is 0 Å². The van der Waals surface area contributed by atoms with Crippen LogP contribution in [-0.2, 0) is 4.79 Å². The second-order valence-electron chi connectivity index (χ2n) is 5.58. The predicted octanol–water partition coefficient (Wildman–Crippen LogP) is 3.56. The number of carbonyl (C=O) groups excluding carboxylic acids is 2. The first kappa shape index (κ1) is 18.4. The van der Waals surface area contributed by atoms with Gasteiger partial charge >= 0.3 is 0 Å². The molecule has 0 aliphatic heterocycles. The van der Waals surface area contributed by atoms with Crippen LogP contribution in [0.4, 0.5) is 5.69 Å². The van der Waals surface area contributed by atoms with Gasteiger partial charge in [0.15, 0.2) is 5.15 Å². The van der Waals surface area contributed by atoms with Gasteiger partial charge in [-0.15, -0.1) is 6.58 Å². The van der Waals surface area contributed by atoms with E-state index < -0.39 is 0 Å². The molecule has 136 valence electrons. The van der Waals surface area contributed by atoms with Gasteiger partial charge in [-0.25, -0.2) is 4.98 Å². The van der Waals surface area contributed by atoms with Gasteiger partial charge in [0.05, 0.1) is 16.9 Å². The number of hydrogen-bond acceptors (Lipinski definition) is 3. The maximum Gasteiger partial charge on any atom is 0.253 e. The number of fused-ring (bicyclic) bond motifs is 1. The van der Waals surface area contributed by atoms with E-state index in [2.05, 4.69) is 22.2 Å². The Balaban J connectivity index is 1.78. The molecule has 0 aliphatic carbocycles. The summed E-state index contributed by atoms with van der Waals surface area (Å²) >= 11 is 6.15. The predicted molar refractivity (Wildman–Crippen MR) is 107 cm³/mol. The summed E-state index contributed by atoms with van der Waals surface area (Å²) in [6, 6.07) is 12.3. The lowest BCUT2D eigenvalue weighted by Gasteiger charge is -2.09. The van der Waals surface area contributed by atoms with Crippen molar-refractivity contribution >= 4 is 40.8 Å². The van der Waals surface area contributed by atoms with Crippen molar-refractivity contribution in [1.82, 2.24) is 14.7 Å². The van der Waals surface area contributed by atoms with Crippen molar-refractivity contribution in [3.63, 3.8) is 0 Å². The molecule has 0 unspecified atom stereocenters. The number of pyridine rings is 1. The minimum Gasteiger partial charge on any atom is -0.349 e. The lowest BCUT2D eigenvalue weighted by molar-refractivity contribution is -0.111. The molecule has 3 rings (SSSR count). The molecule has 7 heteroatoms. The van der Waals surface area contributed by atoms with E-state index in [1.54, 1.807) is 40.8 Å². The molecule has 2 aromatic heterocycles. The molecule has 0 bridgehead atoms. The number of amides is 2. The summed E-state index contributed by atoms with van der Waals surface area (Å²) in [5.74, 6) is -0.680. The van der Waals surface area contributed by atoms with E-state index in [-0.39, 0.29) is 11.8 Å². The van der Waals surface area contributed by atoms with Gasteiger partial charge in [-0.2, -0.15) is 0 Å². The quantitative estimate of drug-likeness (QED) is 0.507. The topological polar surface area (TPSA) is 75.5 Å². The second-order valence-corrected chi connectivity index (χ2v) is 5.94. The largest absolute Gasteiger partial charge is 0.349 e. The highest BCUT2D eigenvalue weighted by Crippen LogP contribution is 2.19. The number of rotatable bonds is 6. The van der Waals surface area contributed by atoms with E-state index >= 15 is 0 Å². The number of imidazole rings is 1. The minimum absolute atomic E-state index is 0.292. The monoisotopic (exact) mass is 380 g/mol. The van der Waals surface area contributed by atoms with Crippen LogP contribution >= 0.6 is 11.6 Å². The van der Waals surface area contributed by atoms with Crippen LogP contribution in [0.15, 0.2) is 67.4 Å². The zero-order valence-electron chi connectivity index (χ0n) is 14.4. The maximum absolute atomic E-state index is 12.3. The Labute approximate surface area is 161 Å². The maximum atomic E-state index is 12.3. The smallest absolute Gasteiger partial charge is 0.253 e. The normalized spacial score (nSPS) is 10.9. The molecule has 2 heterocycles. The fraction of sp³-hybridized carbons (Fsp3) is 0.0500. The number of aromatic nitrogens is 2. The number of halogens is 1. The van der Waals surface area contributed by atoms with Crippen molar-refractivity contribution < 1.29 is 9.59 Å². The third-order valence-corrected chi connectivity index (χ3v) is 4.03. The number of nitrogens with zero attached hydrogens (tertiary/aromatic N) is 2. The Hall–Kier alpha value is -3.38. The van der Waals surface area contributed by atoms with E-state index in [9.17, 15) is 9.59 Å². The van der Waals surface area contributed by atoms with E-state index in [0.717, 1.165) is 0 Å². The van der Waals surface area contributed by atoms with Crippen LogP contribution in [0.2, 0.25) is 5.15 Å². The molecular weight excluding hydrogens is 364 g/mol. The van der Waals surface area contributed by atoms with E-state index in [4.69, 9.17) is 11.6 Å². The average Bonchev–Trinajstić information content (AvgIpc) is 3.00. The lowest BCUT2D eigenvalue weighted by Crippen LogP contribution is -2.24. The molecule has 2 N–H and O–H groups in total. The third-order valence-electron chi connectivity index (χ3n) is 3.75. The van der Waals surface area contributed by atoms with Crippen LogP contribution in [0, 0.1) is 0 Å². The number of benzene rings is 1. The molecule has 27 heavy (non-hydrogen) atoms. The van der Waals surface area contributed by atoms with Crippen molar-refractivity contribution in [3.05, 3.63) is 83.8 Å². The first-order valence-electron chi connectivity index (χ1n) is 8.20. The van der Waals surface area contributed by atoms with Crippen LogP contribution in [0.1, 0.15) is 16.1 Å². The SMILES string of the molecule is C=CCNC(=O)c1ccccc1NC(=O)/C=C\c1c(Cl)nc2ccccn12. The van der Waals surface area contributed by atoms with E-state index in [0.29, 0.717) is 34.3 Å². The summed E-state index contributed by atoms with van der Waals surface area (Å²) in [5.41, 5.74) is 2.07. The molecule has 1 aromatic carbocycles. The van der Waals surface area contributed by atoms with Crippen LogP contribution in [-0.4, -0.2) is 27.7 Å². The van der Waals surface area contributed by atoms with Gasteiger partial charge in [-0.1, -0.05) is 35.9 Å². The van der Waals surface area contributed by atoms with Crippen molar-refractivity contribution in [1.29, 1.82) is 0 Å². The number of carbonyl (C=O) groups is 2. The average molecular weight is 381 g/mol. The molecule has 3 aromatic rings. The highest BCUT2D eigenvalue weighted by Gasteiger charge is 2.12. The number of para-hydroxylation sites is 1. The molecule has 2 amide bonds. The highest BCUT2D eigenvalue weighted by molar-refractivity contribution is 6.31. The van der Waals surface area contributed by atoms with Gasteiger partial charge in [0, 0.05) is 18.8 Å². The summed E-state index contributed by atoms with van der Waals surface area (Å²) in [4.78, 5) is 28.7. The van der Waals surface area contributed by atoms with Gasteiger partial charge in [-0.05, 0) is 30.3 Å². The Bertz CT molecular complexity index is 1040. The second kappa shape index (κ2) is 8.33. The van der Waals surface area contributed by atoms with Crippen LogP contribution in [0.5, 0.6) is 0 Å². The lowest BCUT2D eigenvalue weighted by atomic mass is 10.1. The van der Waals surface area contributed by atoms with Gasteiger partial charge < -0.3 is 10.6 Å². The van der Waals surface area contributed by atoms with E-state index in [1.807, 2.05) is 24.4 Å². The van der Waals surface area contributed by atoms with Crippen LogP contribution in [0.3, 0.4) is 0 Å². The van der Waals surface area contributed by atoms with Gasteiger partial charge in [0.25, 0.3) is 5.91 Å². The number of anilines is 1. The fourth-order valence-electron chi connectivity index (χ4n) is 2.51.